The van der Waals surface area contributed by atoms with E-state index in [0.717, 1.165) is 44.7 Å². The zero-order valence-corrected chi connectivity index (χ0v) is 12.6. The number of sulfonamides is 1. The molecule has 1 aliphatic rings. The molecule has 7 heteroatoms. The van der Waals surface area contributed by atoms with Gasteiger partial charge in [-0.15, -0.1) is 0 Å². The minimum Gasteiger partial charge on any atom is -0.352 e. The number of primary sulfonamides is 1. The third-order valence-electron chi connectivity index (χ3n) is 3.52. The molecule has 0 radical (unpaired) electrons. The normalized spacial score (nSPS) is 19.8. The van der Waals surface area contributed by atoms with Gasteiger partial charge in [0.2, 0.25) is 10.0 Å². The molecule has 0 aromatic carbocycles. The van der Waals surface area contributed by atoms with Crippen LogP contribution >= 0.6 is 0 Å². The van der Waals surface area contributed by atoms with Crippen molar-refractivity contribution < 1.29 is 8.42 Å². The van der Waals surface area contributed by atoms with Gasteiger partial charge in [-0.2, -0.15) is 0 Å². The second kappa shape index (κ2) is 6.51. The van der Waals surface area contributed by atoms with E-state index in [1.165, 1.54) is 12.3 Å². The second-order valence-corrected chi connectivity index (χ2v) is 6.65. The van der Waals surface area contributed by atoms with E-state index in [9.17, 15) is 8.42 Å². The number of nitrogens with two attached hydrogens (primary N) is 1. The summed E-state index contributed by atoms with van der Waals surface area (Å²) in [5, 5.41) is 8.49. The van der Waals surface area contributed by atoms with Crippen LogP contribution in [0, 0.1) is 0 Å². The van der Waals surface area contributed by atoms with Crippen LogP contribution in [0.15, 0.2) is 23.2 Å². The molecular formula is C13H22N4O2S. The number of piperidine rings is 1. The van der Waals surface area contributed by atoms with E-state index >= 15 is 0 Å². The highest BCUT2D eigenvalue weighted by Gasteiger charge is 2.21. The topological polar surface area (TPSA) is 88.3 Å². The summed E-state index contributed by atoms with van der Waals surface area (Å²) < 4.78 is 22.5. The van der Waals surface area contributed by atoms with Gasteiger partial charge in [-0.25, -0.2) is 18.5 Å². The van der Waals surface area contributed by atoms with E-state index < -0.39 is 10.0 Å². The monoisotopic (exact) mass is 298 g/mol. The third-order valence-corrected chi connectivity index (χ3v) is 4.42. The maximum Gasteiger partial charge on any atom is 0.239 e. The molecule has 1 unspecified atom stereocenters. The Balaban J connectivity index is 2.20. The first-order valence-corrected chi connectivity index (χ1v) is 8.53. The number of pyridine rings is 1. The highest BCUT2D eigenvalue weighted by Crippen LogP contribution is 2.20. The van der Waals surface area contributed by atoms with Crippen LogP contribution in [-0.4, -0.2) is 39.1 Å². The van der Waals surface area contributed by atoms with Gasteiger partial charge in [-0.05, 0) is 37.9 Å². The summed E-state index contributed by atoms with van der Waals surface area (Å²) in [7, 11) is -3.68. The quantitative estimate of drug-likeness (QED) is 0.835. The molecule has 0 saturated carbocycles. The van der Waals surface area contributed by atoms with E-state index in [4.69, 9.17) is 5.14 Å². The fourth-order valence-corrected chi connectivity index (χ4v) is 2.99. The number of anilines is 1. The first-order chi connectivity index (χ1) is 9.52. The third kappa shape index (κ3) is 3.68. The summed E-state index contributed by atoms with van der Waals surface area (Å²) in [6.45, 7) is 5.04. The van der Waals surface area contributed by atoms with Crippen molar-refractivity contribution in [1.29, 1.82) is 0 Å². The first-order valence-electron chi connectivity index (χ1n) is 6.98. The van der Waals surface area contributed by atoms with Gasteiger partial charge in [0.15, 0.2) is 0 Å². The van der Waals surface area contributed by atoms with Crippen LogP contribution in [-0.2, 0) is 10.0 Å². The number of rotatable bonds is 5. The summed E-state index contributed by atoms with van der Waals surface area (Å²) in [6.07, 6.45) is 4.64. The van der Waals surface area contributed by atoms with E-state index in [-0.39, 0.29) is 4.90 Å². The largest absolute Gasteiger partial charge is 0.352 e. The summed E-state index contributed by atoms with van der Waals surface area (Å²) in [6, 6.07) is 3.68. The van der Waals surface area contributed by atoms with Gasteiger partial charge in [-0.1, -0.05) is 6.92 Å². The van der Waals surface area contributed by atoms with Crippen LogP contribution in [0.3, 0.4) is 0 Å². The second-order valence-electron chi connectivity index (χ2n) is 5.09. The van der Waals surface area contributed by atoms with E-state index in [2.05, 4.69) is 22.1 Å². The van der Waals surface area contributed by atoms with Crippen molar-refractivity contribution in [2.45, 2.75) is 37.1 Å². The van der Waals surface area contributed by atoms with E-state index in [0.29, 0.717) is 6.04 Å². The molecule has 0 aliphatic carbocycles. The lowest BCUT2D eigenvalue weighted by atomic mass is 10.1. The Morgan fingerprint density at radius 3 is 2.80 bits per heavy atom. The molecule has 1 aliphatic heterocycles. The Labute approximate surface area is 120 Å². The summed E-state index contributed by atoms with van der Waals surface area (Å²) in [4.78, 5) is 6.58. The fraction of sp³-hybridized carbons (Fsp3) is 0.615. The SMILES string of the molecule is CCCN(c1ccc(S(N)(=O)=O)cn1)C1CCCNC1. The van der Waals surface area contributed by atoms with Crippen molar-refractivity contribution in [2.24, 2.45) is 5.14 Å². The van der Waals surface area contributed by atoms with Gasteiger partial charge >= 0.3 is 0 Å². The molecule has 1 aromatic rings. The molecule has 0 bridgehead atoms. The Bertz CT molecular complexity index is 524. The van der Waals surface area contributed by atoms with Crippen molar-refractivity contribution in [3.8, 4) is 0 Å². The van der Waals surface area contributed by atoms with Crippen LogP contribution in [0.25, 0.3) is 0 Å². The predicted molar refractivity (Wildman–Crippen MR) is 79.1 cm³/mol. The maximum atomic E-state index is 11.3. The first kappa shape index (κ1) is 15.2. The van der Waals surface area contributed by atoms with Crippen molar-refractivity contribution >= 4 is 15.8 Å². The lowest BCUT2D eigenvalue weighted by Gasteiger charge is -2.35. The lowest BCUT2D eigenvalue weighted by molar-refractivity contribution is 0.429. The van der Waals surface area contributed by atoms with Crippen molar-refractivity contribution in [3.05, 3.63) is 18.3 Å². The zero-order chi connectivity index (χ0) is 14.6. The smallest absolute Gasteiger partial charge is 0.239 e. The van der Waals surface area contributed by atoms with Crippen LogP contribution in [0.2, 0.25) is 0 Å². The van der Waals surface area contributed by atoms with Crippen molar-refractivity contribution in [3.63, 3.8) is 0 Å². The fourth-order valence-electron chi connectivity index (χ4n) is 2.54. The summed E-state index contributed by atoms with van der Waals surface area (Å²) in [5.74, 6) is 0.813. The van der Waals surface area contributed by atoms with Crippen LogP contribution in [0.5, 0.6) is 0 Å². The Morgan fingerprint density at radius 2 is 2.30 bits per heavy atom. The molecule has 3 N–H and O–H groups in total. The highest BCUT2D eigenvalue weighted by atomic mass is 32.2. The van der Waals surface area contributed by atoms with Crippen LogP contribution < -0.4 is 15.4 Å². The number of nitrogens with zero attached hydrogens (tertiary/aromatic N) is 2. The van der Waals surface area contributed by atoms with Crippen LogP contribution in [0.1, 0.15) is 26.2 Å². The molecule has 2 heterocycles. The molecule has 1 atom stereocenters. The molecule has 1 saturated heterocycles. The molecule has 0 amide bonds. The Hall–Kier alpha value is -1.18. The molecule has 6 nitrogen and oxygen atoms in total. The average Bonchev–Trinajstić information content (AvgIpc) is 2.45. The van der Waals surface area contributed by atoms with Gasteiger partial charge in [0.1, 0.15) is 10.7 Å². The summed E-state index contributed by atoms with van der Waals surface area (Å²) >= 11 is 0. The van der Waals surface area contributed by atoms with Crippen LogP contribution in [0.4, 0.5) is 5.82 Å². The average molecular weight is 298 g/mol. The molecular weight excluding hydrogens is 276 g/mol. The van der Waals surface area contributed by atoms with E-state index in [1.54, 1.807) is 6.07 Å². The maximum absolute atomic E-state index is 11.3. The van der Waals surface area contributed by atoms with Gasteiger partial charge in [0, 0.05) is 25.3 Å². The van der Waals surface area contributed by atoms with Gasteiger partial charge in [0.05, 0.1) is 0 Å². The minimum absolute atomic E-state index is 0.0551. The Morgan fingerprint density at radius 1 is 1.50 bits per heavy atom. The predicted octanol–water partition coefficient (Wildman–Crippen LogP) is 0.697. The minimum atomic E-state index is -3.68. The highest BCUT2D eigenvalue weighted by molar-refractivity contribution is 7.89. The molecule has 112 valence electrons. The molecule has 0 spiro atoms. The van der Waals surface area contributed by atoms with E-state index in [1.807, 2.05) is 0 Å². The number of nitrogens with one attached hydrogen (secondary N) is 1. The van der Waals surface area contributed by atoms with Crippen molar-refractivity contribution in [2.75, 3.05) is 24.5 Å². The van der Waals surface area contributed by atoms with Crippen molar-refractivity contribution in [1.82, 2.24) is 10.3 Å². The summed E-state index contributed by atoms with van der Waals surface area (Å²) in [5.41, 5.74) is 0. The van der Waals surface area contributed by atoms with Gasteiger partial charge < -0.3 is 10.2 Å². The standard InChI is InChI=1S/C13H22N4O2S/c1-2-8-17(11-4-3-7-15-9-11)13-6-5-12(10-16-13)20(14,18)19/h5-6,10-11,15H,2-4,7-9H2,1H3,(H2,14,18,19). The number of hydrogen-bond acceptors (Lipinski definition) is 5. The zero-order valence-electron chi connectivity index (χ0n) is 11.7. The molecule has 2 rings (SSSR count). The molecule has 20 heavy (non-hydrogen) atoms. The van der Waals surface area contributed by atoms with Gasteiger partial charge in [-0.3, -0.25) is 0 Å². The number of aromatic nitrogens is 1. The van der Waals surface area contributed by atoms with Gasteiger partial charge in [0.25, 0.3) is 0 Å². The number of hydrogen-bond donors (Lipinski definition) is 2. The molecule has 1 fully saturated rings. The Kier molecular flexibility index (Phi) is 4.95. The lowest BCUT2D eigenvalue weighted by Crippen LogP contribution is -2.46. The molecule has 1 aromatic heterocycles.